The Morgan fingerprint density at radius 1 is 1.43 bits per heavy atom. The molecular formula is C17H22ClN3O2. The number of amides is 2. The van der Waals surface area contributed by atoms with E-state index in [1.807, 2.05) is 25.1 Å². The fraction of sp³-hybridized carbons (Fsp3) is 0.529. The van der Waals surface area contributed by atoms with Gasteiger partial charge in [-0.2, -0.15) is 0 Å². The Morgan fingerprint density at radius 3 is 2.83 bits per heavy atom. The van der Waals surface area contributed by atoms with Crippen LogP contribution in [0.5, 0.6) is 0 Å². The Labute approximate surface area is 141 Å². The summed E-state index contributed by atoms with van der Waals surface area (Å²) < 4.78 is 0. The van der Waals surface area contributed by atoms with Crippen molar-refractivity contribution in [2.24, 2.45) is 5.41 Å². The minimum Gasteiger partial charge on any atom is -0.333 e. The topological polar surface area (TPSA) is 52.7 Å². The molecule has 1 aromatic rings. The van der Waals surface area contributed by atoms with Gasteiger partial charge in [0.1, 0.15) is 6.04 Å². The molecule has 0 unspecified atom stereocenters. The number of likely N-dealkylation sites (N-methyl/N-ethyl adjacent to an activating group) is 1. The van der Waals surface area contributed by atoms with E-state index >= 15 is 0 Å². The van der Waals surface area contributed by atoms with Gasteiger partial charge in [-0.1, -0.05) is 23.7 Å². The van der Waals surface area contributed by atoms with E-state index in [0.717, 1.165) is 18.7 Å². The van der Waals surface area contributed by atoms with Crippen molar-refractivity contribution in [1.82, 2.24) is 10.2 Å². The number of nitrogens with zero attached hydrogens (tertiary/aromatic N) is 2. The van der Waals surface area contributed by atoms with E-state index in [1.165, 1.54) is 0 Å². The highest BCUT2D eigenvalue weighted by Gasteiger charge is 2.44. The molecule has 23 heavy (non-hydrogen) atoms. The minimum atomic E-state index is -0.410. The van der Waals surface area contributed by atoms with Crippen molar-refractivity contribution in [3.05, 3.63) is 29.3 Å². The number of para-hydroxylation sites is 1. The summed E-state index contributed by atoms with van der Waals surface area (Å²) >= 11 is 6.20. The maximum Gasteiger partial charge on any atom is 0.249 e. The van der Waals surface area contributed by atoms with Gasteiger partial charge >= 0.3 is 0 Å². The lowest BCUT2D eigenvalue weighted by molar-refractivity contribution is -0.144. The van der Waals surface area contributed by atoms with Crippen LogP contribution < -0.4 is 10.2 Å². The van der Waals surface area contributed by atoms with Crippen LogP contribution in [0, 0.1) is 5.41 Å². The van der Waals surface area contributed by atoms with Gasteiger partial charge < -0.3 is 15.1 Å². The predicted molar refractivity (Wildman–Crippen MR) is 90.6 cm³/mol. The van der Waals surface area contributed by atoms with Gasteiger partial charge in [0.2, 0.25) is 11.8 Å². The van der Waals surface area contributed by atoms with Crippen LogP contribution in [0.15, 0.2) is 24.3 Å². The van der Waals surface area contributed by atoms with E-state index in [4.69, 9.17) is 11.6 Å². The molecule has 0 aliphatic carbocycles. The first-order valence-electron chi connectivity index (χ1n) is 7.98. The maximum absolute atomic E-state index is 12.8. The van der Waals surface area contributed by atoms with E-state index in [9.17, 15) is 9.59 Å². The highest BCUT2D eigenvalue weighted by molar-refractivity contribution is 6.34. The quantitative estimate of drug-likeness (QED) is 0.918. The van der Waals surface area contributed by atoms with E-state index in [0.29, 0.717) is 24.5 Å². The lowest BCUT2D eigenvalue weighted by Gasteiger charge is -2.31. The molecule has 6 heteroatoms. The number of halogens is 1. The summed E-state index contributed by atoms with van der Waals surface area (Å²) in [6.07, 6.45) is 1.45. The smallest absolute Gasteiger partial charge is 0.249 e. The van der Waals surface area contributed by atoms with Gasteiger partial charge in [-0.05, 0) is 38.4 Å². The fourth-order valence-electron chi connectivity index (χ4n) is 3.50. The Bertz CT molecular complexity index is 628. The van der Waals surface area contributed by atoms with Gasteiger partial charge in [0, 0.05) is 20.1 Å². The van der Waals surface area contributed by atoms with Crippen LogP contribution >= 0.6 is 11.6 Å². The molecule has 2 atom stereocenters. The lowest BCUT2D eigenvalue weighted by Crippen LogP contribution is -2.49. The molecule has 2 saturated heterocycles. The summed E-state index contributed by atoms with van der Waals surface area (Å²) in [5.41, 5.74) is 0.309. The Balaban J connectivity index is 1.76. The first kappa shape index (κ1) is 16.3. The second-order valence-corrected chi connectivity index (χ2v) is 7.06. The standard InChI is InChI=1S/C17H22ClN3O2/c1-17(8-9-19-11-17)16(23)20(2)14-7-10-21(15(14)22)13-6-4-3-5-12(13)18/h3-6,14,19H,7-11H2,1-2H3/t14-,17-/m0/s1. The molecule has 0 spiro atoms. The van der Waals surface area contributed by atoms with Crippen LogP contribution in [0.25, 0.3) is 0 Å². The molecule has 3 rings (SSSR count). The number of benzene rings is 1. The van der Waals surface area contributed by atoms with E-state index in [-0.39, 0.29) is 11.8 Å². The largest absolute Gasteiger partial charge is 0.333 e. The number of anilines is 1. The van der Waals surface area contributed by atoms with Crippen LogP contribution in [0.4, 0.5) is 5.69 Å². The van der Waals surface area contributed by atoms with Gasteiger partial charge in [-0.25, -0.2) is 0 Å². The van der Waals surface area contributed by atoms with Crippen molar-refractivity contribution in [3.63, 3.8) is 0 Å². The van der Waals surface area contributed by atoms with Gasteiger partial charge in [0.25, 0.3) is 0 Å². The van der Waals surface area contributed by atoms with Crippen LogP contribution in [0.1, 0.15) is 19.8 Å². The lowest BCUT2D eigenvalue weighted by atomic mass is 9.87. The zero-order chi connectivity index (χ0) is 16.6. The molecule has 2 aliphatic rings. The first-order chi connectivity index (χ1) is 10.9. The van der Waals surface area contributed by atoms with Gasteiger partial charge in [-0.3, -0.25) is 9.59 Å². The Morgan fingerprint density at radius 2 is 2.17 bits per heavy atom. The predicted octanol–water partition coefficient (Wildman–Crippen LogP) is 1.90. The summed E-state index contributed by atoms with van der Waals surface area (Å²) in [6, 6.07) is 6.91. The number of nitrogens with one attached hydrogen (secondary N) is 1. The molecule has 5 nitrogen and oxygen atoms in total. The van der Waals surface area contributed by atoms with Crippen LogP contribution in [-0.2, 0) is 9.59 Å². The third-order valence-corrected chi connectivity index (χ3v) is 5.31. The molecule has 0 bridgehead atoms. The average Bonchev–Trinajstić information content (AvgIpc) is 3.14. The SMILES string of the molecule is CN(C(=O)[C@@]1(C)CCNC1)[C@H]1CCN(c2ccccc2Cl)C1=O. The van der Waals surface area contributed by atoms with Crippen LogP contribution in [0.3, 0.4) is 0 Å². The first-order valence-corrected chi connectivity index (χ1v) is 8.36. The Kier molecular flexibility index (Phi) is 4.34. The van der Waals surface area contributed by atoms with Crippen LogP contribution in [0.2, 0.25) is 5.02 Å². The van der Waals surface area contributed by atoms with Crippen LogP contribution in [-0.4, -0.2) is 49.4 Å². The molecule has 1 aromatic carbocycles. The van der Waals surface area contributed by atoms with Crippen molar-refractivity contribution in [2.45, 2.75) is 25.8 Å². The van der Waals surface area contributed by atoms with E-state index in [2.05, 4.69) is 5.32 Å². The van der Waals surface area contributed by atoms with Crippen molar-refractivity contribution < 1.29 is 9.59 Å². The zero-order valence-electron chi connectivity index (χ0n) is 13.5. The molecule has 2 fully saturated rings. The summed E-state index contributed by atoms with van der Waals surface area (Å²) in [5.74, 6) is -0.00892. The molecular weight excluding hydrogens is 314 g/mol. The fourth-order valence-corrected chi connectivity index (χ4v) is 3.74. The molecule has 0 radical (unpaired) electrons. The normalized spacial score (nSPS) is 27.5. The number of carbonyl (C=O) groups is 2. The van der Waals surface area contributed by atoms with Crippen molar-refractivity contribution >= 4 is 29.1 Å². The highest BCUT2D eigenvalue weighted by atomic mass is 35.5. The highest BCUT2D eigenvalue weighted by Crippen LogP contribution is 2.32. The summed E-state index contributed by atoms with van der Waals surface area (Å²) in [4.78, 5) is 28.9. The minimum absolute atomic E-state index is 0.0434. The number of rotatable bonds is 3. The second-order valence-electron chi connectivity index (χ2n) is 6.65. The van der Waals surface area contributed by atoms with Gasteiger partial charge in [0.05, 0.1) is 16.1 Å². The molecule has 124 valence electrons. The van der Waals surface area contributed by atoms with Crippen molar-refractivity contribution in [2.75, 3.05) is 31.6 Å². The van der Waals surface area contributed by atoms with Gasteiger partial charge in [-0.15, -0.1) is 0 Å². The monoisotopic (exact) mass is 335 g/mol. The second kappa shape index (κ2) is 6.13. The molecule has 2 aliphatic heterocycles. The summed E-state index contributed by atoms with van der Waals surface area (Å²) in [6.45, 7) is 4.07. The van der Waals surface area contributed by atoms with E-state index < -0.39 is 11.5 Å². The third-order valence-electron chi connectivity index (χ3n) is 4.99. The number of hydrogen-bond acceptors (Lipinski definition) is 3. The number of carbonyl (C=O) groups excluding carboxylic acids is 2. The van der Waals surface area contributed by atoms with Crippen molar-refractivity contribution in [1.29, 1.82) is 0 Å². The Hall–Kier alpha value is -1.59. The maximum atomic E-state index is 12.8. The van der Waals surface area contributed by atoms with E-state index in [1.54, 1.807) is 22.9 Å². The molecule has 2 heterocycles. The average molecular weight is 336 g/mol. The summed E-state index contributed by atoms with van der Waals surface area (Å²) in [5, 5.41) is 3.79. The van der Waals surface area contributed by atoms with Gasteiger partial charge in [0.15, 0.2) is 0 Å². The van der Waals surface area contributed by atoms with Crippen molar-refractivity contribution in [3.8, 4) is 0 Å². The number of hydrogen-bond donors (Lipinski definition) is 1. The molecule has 1 N–H and O–H groups in total. The third kappa shape index (κ3) is 2.83. The molecule has 0 aromatic heterocycles. The zero-order valence-corrected chi connectivity index (χ0v) is 14.3. The summed E-state index contributed by atoms with van der Waals surface area (Å²) in [7, 11) is 1.74. The molecule has 0 saturated carbocycles. The molecule has 2 amide bonds.